The van der Waals surface area contributed by atoms with Gasteiger partial charge >= 0.3 is 5.97 Å². The van der Waals surface area contributed by atoms with Crippen LogP contribution in [0.25, 0.3) is 0 Å². The van der Waals surface area contributed by atoms with Crippen molar-refractivity contribution >= 4 is 17.7 Å². The molecule has 1 atom stereocenters. The molecule has 1 aromatic rings. The second-order valence-electron chi connectivity index (χ2n) is 3.14. The molecule has 0 aliphatic heterocycles. The number of hydrogen-bond donors (Lipinski definition) is 2. The predicted octanol–water partition coefficient (Wildman–Crippen LogP) is 0.542. The van der Waals surface area contributed by atoms with Crippen LogP contribution in [-0.2, 0) is 10.5 Å². The highest BCUT2D eigenvalue weighted by Gasteiger charge is 2.22. The van der Waals surface area contributed by atoms with Crippen LogP contribution >= 0.6 is 11.8 Å². The van der Waals surface area contributed by atoms with Crippen molar-refractivity contribution in [2.75, 3.05) is 0 Å². The lowest BCUT2D eigenvalue weighted by Crippen LogP contribution is -2.22. The number of aromatic amines is 1. The largest absolute Gasteiger partial charge is 0.480 e. The highest BCUT2D eigenvalue weighted by Crippen LogP contribution is 2.22. The van der Waals surface area contributed by atoms with Crippen LogP contribution in [0, 0.1) is 5.92 Å². The Balaban J connectivity index is 2.45. The van der Waals surface area contributed by atoms with E-state index in [0.717, 1.165) is 0 Å². The summed E-state index contributed by atoms with van der Waals surface area (Å²) < 4.78 is 0. The van der Waals surface area contributed by atoms with Crippen LogP contribution in [0.15, 0.2) is 0 Å². The fourth-order valence-electron chi connectivity index (χ4n) is 0.957. The van der Waals surface area contributed by atoms with Gasteiger partial charge in [0.25, 0.3) is 0 Å². The van der Waals surface area contributed by atoms with Crippen molar-refractivity contribution in [3.05, 3.63) is 5.82 Å². The van der Waals surface area contributed by atoms with Gasteiger partial charge in [0.05, 0.1) is 5.75 Å². The van der Waals surface area contributed by atoms with Gasteiger partial charge in [0.1, 0.15) is 5.25 Å². The maximum absolute atomic E-state index is 10.8. The molecule has 0 bridgehead atoms. The zero-order valence-electron chi connectivity index (χ0n) is 7.97. The smallest absolute Gasteiger partial charge is 0.316 e. The summed E-state index contributed by atoms with van der Waals surface area (Å²) in [5, 5.41) is 21.7. The minimum atomic E-state index is -0.798. The van der Waals surface area contributed by atoms with Gasteiger partial charge in [-0.3, -0.25) is 4.79 Å². The van der Waals surface area contributed by atoms with Gasteiger partial charge in [0.2, 0.25) is 0 Å². The third-order valence-corrected chi connectivity index (χ3v) is 3.16. The van der Waals surface area contributed by atoms with Gasteiger partial charge in [-0.15, -0.1) is 22.0 Å². The predicted molar refractivity (Wildman–Crippen MR) is 51.7 cm³/mol. The Morgan fingerprint density at radius 1 is 1.64 bits per heavy atom. The Hall–Kier alpha value is -1.11. The Kier molecular flexibility index (Phi) is 3.87. The van der Waals surface area contributed by atoms with Crippen LogP contribution in [0.3, 0.4) is 0 Å². The first-order valence-electron chi connectivity index (χ1n) is 4.18. The van der Waals surface area contributed by atoms with E-state index in [-0.39, 0.29) is 5.92 Å². The zero-order chi connectivity index (χ0) is 10.6. The first-order chi connectivity index (χ1) is 6.61. The molecule has 14 heavy (non-hydrogen) atoms. The molecule has 2 N–H and O–H groups in total. The third kappa shape index (κ3) is 2.99. The highest BCUT2D eigenvalue weighted by atomic mass is 32.2. The van der Waals surface area contributed by atoms with E-state index in [1.165, 1.54) is 11.8 Å². The molecule has 6 nitrogen and oxygen atoms in total. The minimum absolute atomic E-state index is 0.0874. The van der Waals surface area contributed by atoms with Gasteiger partial charge in [0.15, 0.2) is 5.82 Å². The molecule has 1 rings (SSSR count). The van der Waals surface area contributed by atoms with Gasteiger partial charge < -0.3 is 5.11 Å². The highest BCUT2D eigenvalue weighted by molar-refractivity contribution is 7.99. The SMILES string of the molecule is CC(C)[C@@H](SCc1nn[nH]n1)C(=O)O. The van der Waals surface area contributed by atoms with Crippen molar-refractivity contribution in [3.63, 3.8) is 0 Å². The van der Waals surface area contributed by atoms with Gasteiger partial charge in [-0.25, -0.2) is 0 Å². The number of carboxylic acid groups (broad SMARTS) is 1. The lowest BCUT2D eigenvalue weighted by atomic mass is 10.1. The molecule has 1 aromatic heterocycles. The number of carboxylic acids is 1. The summed E-state index contributed by atoms with van der Waals surface area (Å²) in [6, 6.07) is 0. The molecule has 1 heterocycles. The average Bonchev–Trinajstić information content (AvgIpc) is 2.55. The fraction of sp³-hybridized carbons (Fsp3) is 0.714. The monoisotopic (exact) mass is 216 g/mol. The Labute approximate surface area is 85.5 Å². The van der Waals surface area contributed by atoms with Crippen molar-refractivity contribution in [3.8, 4) is 0 Å². The van der Waals surface area contributed by atoms with E-state index < -0.39 is 11.2 Å². The lowest BCUT2D eigenvalue weighted by Gasteiger charge is -2.13. The summed E-state index contributed by atoms with van der Waals surface area (Å²) in [5.74, 6) is 0.283. The molecule has 0 aliphatic rings. The van der Waals surface area contributed by atoms with Crippen LogP contribution in [0.5, 0.6) is 0 Å². The molecular weight excluding hydrogens is 204 g/mol. The molecule has 7 heteroatoms. The molecule has 0 radical (unpaired) electrons. The molecule has 0 amide bonds. The molecule has 0 fully saturated rings. The quantitative estimate of drug-likeness (QED) is 0.746. The van der Waals surface area contributed by atoms with E-state index in [0.29, 0.717) is 11.6 Å². The number of nitrogens with one attached hydrogen (secondary N) is 1. The minimum Gasteiger partial charge on any atom is -0.480 e. The molecule has 0 saturated heterocycles. The van der Waals surface area contributed by atoms with Crippen LogP contribution in [-0.4, -0.2) is 36.9 Å². The number of hydrogen-bond acceptors (Lipinski definition) is 5. The maximum Gasteiger partial charge on any atom is 0.316 e. The molecule has 0 unspecified atom stereocenters. The third-order valence-electron chi connectivity index (χ3n) is 1.63. The van der Waals surface area contributed by atoms with Crippen molar-refractivity contribution in [1.82, 2.24) is 20.6 Å². The number of carbonyl (C=O) groups is 1. The zero-order valence-corrected chi connectivity index (χ0v) is 8.78. The van der Waals surface area contributed by atoms with Gasteiger partial charge in [0, 0.05) is 0 Å². The normalized spacial score (nSPS) is 13.1. The van der Waals surface area contributed by atoms with E-state index in [4.69, 9.17) is 5.11 Å². The van der Waals surface area contributed by atoms with Crippen molar-refractivity contribution in [1.29, 1.82) is 0 Å². The second kappa shape index (κ2) is 4.94. The number of tetrazole rings is 1. The first kappa shape index (κ1) is 11.0. The van der Waals surface area contributed by atoms with Crippen molar-refractivity contribution in [2.24, 2.45) is 5.92 Å². The van der Waals surface area contributed by atoms with E-state index >= 15 is 0 Å². The number of H-pyrrole nitrogens is 1. The Morgan fingerprint density at radius 3 is 2.79 bits per heavy atom. The Morgan fingerprint density at radius 2 is 2.36 bits per heavy atom. The number of aromatic nitrogens is 4. The number of rotatable bonds is 5. The summed E-state index contributed by atoms with van der Waals surface area (Å²) in [7, 11) is 0. The van der Waals surface area contributed by atoms with Crippen LogP contribution in [0.2, 0.25) is 0 Å². The van der Waals surface area contributed by atoms with E-state index in [1.807, 2.05) is 13.8 Å². The van der Waals surface area contributed by atoms with Crippen molar-refractivity contribution in [2.45, 2.75) is 24.9 Å². The standard InChI is InChI=1S/C7H12N4O2S/c1-4(2)6(7(12)13)14-3-5-8-10-11-9-5/h4,6H,3H2,1-2H3,(H,12,13)(H,8,9,10,11)/t6-/m1/s1. The van der Waals surface area contributed by atoms with E-state index in [9.17, 15) is 4.79 Å². The van der Waals surface area contributed by atoms with Gasteiger partial charge in [-0.05, 0) is 5.92 Å². The number of nitrogens with zero attached hydrogens (tertiary/aromatic N) is 3. The maximum atomic E-state index is 10.8. The fourth-order valence-corrected chi connectivity index (χ4v) is 1.94. The summed E-state index contributed by atoms with van der Waals surface area (Å²) in [6.07, 6.45) is 0. The van der Waals surface area contributed by atoms with E-state index in [2.05, 4.69) is 20.6 Å². The van der Waals surface area contributed by atoms with Crippen molar-refractivity contribution < 1.29 is 9.90 Å². The molecule has 78 valence electrons. The summed E-state index contributed by atoms with van der Waals surface area (Å²) >= 11 is 1.31. The lowest BCUT2D eigenvalue weighted by molar-refractivity contribution is -0.137. The molecular formula is C7H12N4O2S. The van der Waals surface area contributed by atoms with E-state index in [1.54, 1.807) is 0 Å². The summed E-state index contributed by atoms with van der Waals surface area (Å²) in [6.45, 7) is 3.75. The van der Waals surface area contributed by atoms with Gasteiger partial charge in [-0.2, -0.15) is 5.21 Å². The van der Waals surface area contributed by atoms with Crippen LogP contribution in [0.1, 0.15) is 19.7 Å². The summed E-state index contributed by atoms with van der Waals surface area (Å²) in [4.78, 5) is 10.8. The first-order valence-corrected chi connectivity index (χ1v) is 5.23. The Bertz CT molecular complexity index is 288. The molecule has 0 saturated carbocycles. The molecule has 0 aromatic carbocycles. The number of aliphatic carboxylic acids is 1. The van der Waals surface area contributed by atoms with Crippen LogP contribution < -0.4 is 0 Å². The summed E-state index contributed by atoms with van der Waals surface area (Å²) in [5.41, 5.74) is 0. The average molecular weight is 216 g/mol. The van der Waals surface area contributed by atoms with Crippen LogP contribution in [0.4, 0.5) is 0 Å². The topological polar surface area (TPSA) is 91.8 Å². The molecule has 0 aliphatic carbocycles. The van der Waals surface area contributed by atoms with Gasteiger partial charge in [-0.1, -0.05) is 19.1 Å². The molecule has 0 spiro atoms. The second-order valence-corrected chi connectivity index (χ2v) is 4.27. The number of thioether (sulfide) groups is 1.